The Labute approximate surface area is 275 Å². The van der Waals surface area contributed by atoms with E-state index in [9.17, 15) is 5.11 Å². The second-order valence-electron chi connectivity index (χ2n) is 11.5. The van der Waals surface area contributed by atoms with Crippen molar-refractivity contribution in [3.05, 3.63) is 143 Å². The molecule has 0 radical (unpaired) electrons. The molecule has 0 aliphatic rings. The number of phenolic OH excluding ortho intramolecular Hbond substituents is 1. The number of aromatic hydroxyl groups is 1. The van der Waals surface area contributed by atoms with E-state index in [2.05, 4.69) is 151 Å². The summed E-state index contributed by atoms with van der Waals surface area (Å²) in [7, 11) is 0. The van der Waals surface area contributed by atoms with Gasteiger partial charge in [0.05, 0.1) is 0 Å². The molecule has 0 aliphatic carbocycles. The first-order valence-corrected chi connectivity index (χ1v) is 16.2. The molecule has 3 heteroatoms. The van der Waals surface area contributed by atoms with Crippen LogP contribution in [0.2, 0.25) is 0 Å². The van der Waals surface area contributed by atoms with Crippen molar-refractivity contribution in [1.82, 2.24) is 0 Å². The lowest BCUT2D eigenvalue weighted by Gasteiger charge is -2.21. The van der Waals surface area contributed by atoms with Gasteiger partial charge < -0.3 is 5.11 Å². The third kappa shape index (κ3) is 4.54. The van der Waals surface area contributed by atoms with E-state index in [1.54, 1.807) is 12.1 Å². The van der Waals surface area contributed by atoms with Crippen molar-refractivity contribution < 1.29 is 5.11 Å². The number of halogens is 1. The van der Waals surface area contributed by atoms with Crippen molar-refractivity contribution in [2.45, 2.75) is 11.8 Å². The molecule has 8 aromatic rings. The number of aryl methyl sites for hydroxylation is 1. The monoisotopic (exact) mass is 694 g/mol. The summed E-state index contributed by atoms with van der Waals surface area (Å²) < 4.78 is 1.22. The normalized spacial score (nSPS) is 11.6. The fourth-order valence-corrected chi connectivity index (χ4v) is 7.10. The summed E-state index contributed by atoms with van der Waals surface area (Å²) in [6.45, 7) is 2.14. The van der Waals surface area contributed by atoms with Gasteiger partial charge in [-0.2, -0.15) is 0 Å². The highest BCUT2D eigenvalue weighted by atomic mass is 127. The molecule has 8 rings (SSSR count). The van der Waals surface area contributed by atoms with Crippen LogP contribution in [-0.4, -0.2) is 5.11 Å². The second-order valence-corrected chi connectivity index (χ2v) is 13.2. The van der Waals surface area contributed by atoms with Crippen LogP contribution >= 0.6 is 35.2 Å². The minimum Gasteiger partial charge on any atom is -0.508 e. The molecule has 0 saturated carbocycles. The smallest absolute Gasteiger partial charge is 0.115 e. The molecule has 210 valence electrons. The lowest BCUT2D eigenvalue weighted by Crippen LogP contribution is -1.94. The van der Waals surface area contributed by atoms with Crippen molar-refractivity contribution >= 4 is 67.5 Å². The Bertz CT molecular complexity index is 1990. The maximum Gasteiger partial charge on any atom is 0.115 e. The molecular formula is C41H27IOS. The molecule has 1 nitrogen and oxygen atoms in total. The molecule has 0 aliphatic heterocycles. The van der Waals surface area contributed by atoms with E-state index >= 15 is 0 Å². The quantitative estimate of drug-likeness (QED) is 0.107. The molecule has 0 unspecified atom stereocenters. The zero-order chi connectivity index (χ0) is 29.9. The summed E-state index contributed by atoms with van der Waals surface area (Å²) >= 11 is 6.94. The zero-order valence-corrected chi connectivity index (χ0v) is 27.0. The molecule has 0 spiro atoms. The van der Waals surface area contributed by atoms with Gasteiger partial charge in [0.15, 0.2) is 0 Å². The van der Waals surface area contributed by atoms with Gasteiger partial charge in [0.25, 0.3) is 0 Å². The molecule has 0 heterocycles. The van der Waals surface area contributed by atoms with Gasteiger partial charge in [0.2, 0.25) is 0 Å². The highest BCUT2D eigenvalue weighted by molar-refractivity contribution is 14.1. The minimum absolute atomic E-state index is 0.265. The van der Waals surface area contributed by atoms with Crippen LogP contribution in [0.25, 0.3) is 76.8 Å². The van der Waals surface area contributed by atoms with Gasteiger partial charge in [-0.05, 0) is 155 Å². The fourth-order valence-electron chi connectivity index (χ4n) is 6.59. The Kier molecular flexibility index (Phi) is 6.62. The molecule has 0 aromatic heterocycles. The number of hydrogen-bond acceptors (Lipinski definition) is 2. The lowest BCUT2D eigenvalue weighted by atomic mass is 9.82. The predicted molar refractivity (Wildman–Crippen MR) is 198 cm³/mol. The molecule has 0 fully saturated rings. The summed E-state index contributed by atoms with van der Waals surface area (Å²) in [4.78, 5) is 0.940. The molecule has 0 amide bonds. The molecule has 8 aromatic carbocycles. The van der Waals surface area contributed by atoms with Gasteiger partial charge in [-0.3, -0.25) is 0 Å². The number of benzene rings is 8. The van der Waals surface area contributed by atoms with Crippen LogP contribution in [0.5, 0.6) is 5.75 Å². The average Bonchev–Trinajstić information content (AvgIpc) is 3.05. The van der Waals surface area contributed by atoms with Crippen molar-refractivity contribution in [2.75, 3.05) is 0 Å². The van der Waals surface area contributed by atoms with Gasteiger partial charge in [-0.15, -0.1) is 12.6 Å². The first kappa shape index (κ1) is 27.2. The van der Waals surface area contributed by atoms with Gasteiger partial charge in [0.1, 0.15) is 5.75 Å². The van der Waals surface area contributed by atoms with Gasteiger partial charge in [0, 0.05) is 8.47 Å². The molecule has 0 bridgehead atoms. The maximum atomic E-state index is 10.1. The Balaban J connectivity index is 1.56. The number of thiol groups is 1. The highest BCUT2D eigenvalue weighted by Crippen LogP contribution is 2.48. The Morgan fingerprint density at radius 1 is 0.455 bits per heavy atom. The molecular weight excluding hydrogens is 667 g/mol. The second kappa shape index (κ2) is 10.7. The van der Waals surface area contributed by atoms with Crippen LogP contribution in [0.15, 0.2) is 138 Å². The standard InChI is InChI=1S/C41H27IOS/c1-24-2-4-25(5-3-24)36-22-37(26-6-12-29(42)13-7-26)33-19-20-34-38(27-8-14-30(43)15-9-27)23-39(28-10-16-31(44)17-11-28)35-21-18-32(36)40(33)41(34)35/h2-23,43-44H,1H3. The molecule has 1 N–H and O–H groups in total. The minimum atomic E-state index is 0.265. The summed E-state index contributed by atoms with van der Waals surface area (Å²) in [5.74, 6) is 0.265. The topological polar surface area (TPSA) is 20.2 Å². The Morgan fingerprint density at radius 2 is 0.795 bits per heavy atom. The Hall–Kier alpha value is -4.32. The van der Waals surface area contributed by atoms with Crippen LogP contribution in [0.3, 0.4) is 0 Å². The fraction of sp³-hybridized carbons (Fsp3) is 0.0244. The van der Waals surface area contributed by atoms with E-state index in [1.165, 1.54) is 69.3 Å². The van der Waals surface area contributed by atoms with E-state index in [1.807, 2.05) is 12.1 Å². The van der Waals surface area contributed by atoms with Crippen LogP contribution < -0.4 is 0 Å². The van der Waals surface area contributed by atoms with Crippen molar-refractivity contribution in [3.8, 4) is 50.3 Å². The van der Waals surface area contributed by atoms with Crippen LogP contribution in [0.1, 0.15) is 5.56 Å². The van der Waals surface area contributed by atoms with E-state index in [0.717, 1.165) is 21.6 Å². The summed E-state index contributed by atoms with van der Waals surface area (Å²) in [5.41, 5.74) is 10.7. The SMILES string of the molecule is Cc1ccc(-c2cc(-c3ccc(I)cc3)c3ccc4c(-c5ccc(O)cc5)cc(-c5ccc(S)cc5)c5ccc2c3c45)cc1. The highest BCUT2D eigenvalue weighted by Gasteiger charge is 2.21. The van der Waals surface area contributed by atoms with Gasteiger partial charge in [-0.25, -0.2) is 0 Å². The first-order chi connectivity index (χ1) is 21.4. The number of phenols is 1. The van der Waals surface area contributed by atoms with Crippen molar-refractivity contribution in [1.29, 1.82) is 0 Å². The predicted octanol–water partition coefficient (Wildman–Crippen LogP) is 12.2. The largest absolute Gasteiger partial charge is 0.508 e. The third-order valence-electron chi connectivity index (χ3n) is 8.77. The summed E-state index contributed by atoms with van der Waals surface area (Å²) in [5, 5.41) is 17.6. The molecule has 0 atom stereocenters. The Morgan fingerprint density at radius 3 is 1.20 bits per heavy atom. The zero-order valence-electron chi connectivity index (χ0n) is 24.0. The summed E-state index contributed by atoms with van der Waals surface area (Å²) in [6.07, 6.45) is 0. The number of hydrogen-bond donors (Lipinski definition) is 2. The van der Waals surface area contributed by atoms with Gasteiger partial charge in [-0.1, -0.05) is 90.5 Å². The van der Waals surface area contributed by atoms with Crippen molar-refractivity contribution in [3.63, 3.8) is 0 Å². The third-order valence-corrected chi connectivity index (χ3v) is 9.79. The van der Waals surface area contributed by atoms with Crippen molar-refractivity contribution in [2.24, 2.45) is 0 Å². The summed E-state index contributed by atoms with van der Waals surface area (Å²) in [6, 6.07) is 47.6. The van der Waals surface area contributed by atoms with E-state index < -0.39 is 0 Å². The molecule has 0 saturated heterocycles. The van der Waals surface area contributed by atoms with E-state index in [0.29, 0.717) is 0 Å². The first-order valence-electron chi connectivity index (χ1n) is 14.6. The number of rotatable bonds is 4. The maximum absolute atomic E-state index is 10.1. The molecule has 44 heavy (non-hydrogen) atoms. The van der Waals surface area contributed by atoms with E-state index in [4.69, 9.17) is 0 Å². The van der Waals surface area contributed by atoms with E-state index in [-0.39, 0.29) is 5.75 Å². The average molecular weight is 695 g/mol. The van der Waals surface area contributed by atoms with Gasteiger partial charge >= 0.3 is 0 Å². The van der Waals surface area contributed by atoms with Crippen LogP contribution in [0.4, 0.5) is 0 Å². The van der Waals surface area contributed by atoms with Crippen LogP contribution in [0, 0.1) is 10.5 Å². The van der Waals surface area contributed by atoms with Crippen LogP contribution in [-0.2, 0) is 0 Å². The lowest BCUT2D eigenvalue weighted by molar-refractivity contribution is 0.475.